The molecule has 1 saturated heterocycles. The summed E-state index contributed by atoms with van der Waals surface area (Å²) < 4.78 is 0. The maximum Gasteiger partial charge on any atom is 0.267 e. The van der Waals surface area contributed by atoms with Crippen molar-refractivity contribution in [3.63, 3.8) is 0 Å². The van der Waals surface area contributed by atoms with Gasteiger partial charge in [-0.1, -0.05) is 38.1 Å². The van der Waals surface area contributed by atoms with Crippen molar-refractivity contribution < 1.29 is 9.59 Å². The van der Waals surface area contributed by atoms with Gasteiger partial charge in [0.05, 0.1) is 11.8 Å². The number of primary amides is 1. The predicted molar refractivity (Wildman–Crippen MR) is 102 cm³/mol. The van der Waals surface area contributed by atoms with Crippen LogP contribution in [0.4, 0.5) is 0 Å². The molecular formula is C20H26N4O3. The minimum atomic E-state index is -0.761. The molecular weight excluding hydrogens is 344 g/mol. The highest BCUT2D eigenvalue weighted by Crippen LogP contribution is 2.39. The van der Waals surface area contributed by atoms with Crippen molar-refractivity contribution >= 4 is 11.8 Å². The number of H-pyrrole nitrogens is 2. The van der Waals surface area contributed by atoms with Gasteiger partial charge in [-0.05, 0) is 29.9 Å². The van der Waals surface area contributed by atoms with E-state index in [2.05, 4.69) is 24.0 Å². The van der Waals surface area contributed by atoms with Crippen LogP contribution in [0.15, 0.2) is 35.3 Å². The van der Waals surface area contributed by atoms with Crippen LogP contribution >= 0.6 is 0 Å². The Kier molecular flexibility index (Phi) is 5.21. The van der Waals surface area contributed by atoms with Gasteiger partial charge in [0.25, 0.3) is 5.56 Å². The molecule has 0 bridgehead atoms. The zero-order valence-corrected chi connectivity index (χ0v) is 15.7. The molecule has 2 amide bonds. The molecule has 0 radical (unpaired) electrons. The Balaban J connectivity index is 1.80. The lowest BCUT2D eigenvalue weighted by atomic mass is 9.69. The molecule has 0 spiro atoms. The lowest BCUT2D eigenvalue weighted by molar-refractivity contribution is -0.135. The molecule has 3 rings (SSSR count). The maximum absolute atomic E-state index is 12.6. The minimum absolute atomic E-state index is 0.0466. The molecule has 1 aromatic carbocycles. The van der Waals surface area contributed by atoms with Crippen molar-refractivity contribution in [1.29, 1.82) is 0 Å². The summed E-state index contributed by atoms with van der Waals surface area (Å²) >= 11 is 0. The number of aromatic amines is 2. The van der Waals surface area contributed by atoms with E-state index < -0.39 is 5.41 Å². The van der Waals surface area contributed by atoms with E-state index in [-0.39, 0.29) is 29.7 Å². The Bertz CT molecular complexity index is 888. The summed E-state index contributed by atoms with van der Waals surface area (Å²) in [6.07, 6.45) is 2.53. The number of aromatic nitrogens is 2. The van der Waals surface area contributed by atoms with Gasteiger partial charge in [0.2, 0.25) is 11.8 Å². The summed E-state index contributed by atoms with van der Waals surface area (Å²) in [5.74, 6) is -0.183. The van der Waals surface area contributed by atoms with Gasteiger partial charge >= 0.3 is 0 Å². The van der Waals surface area contributed by atoms with E-state index in [1.54, 1.807) is 4.90 Å². The first-order chi connectivity index (χ1) is 12.8. The quantitative estimate of drug-likeness (QED) is 0.740. The molecule has 1 fully saturated rings. The third-order valence-electron chi connectivity index (χ3n) is 5.61. The Morgan fingerprint density at radius 3 is 2.44 bits per heavy atom. The van der Waals surface area contributed by atoms with Crippen LogP contribution in [0.3, 0.4) is 0 Å². The number of nitrogens with one attached hydrogen (secondary N) is 2. The average Bonchev–Trinajstić information content (AvgIpc) is 3.06. The minimum Gasteiger partial charge on any atom is -0.369 e. The van der Waals surface area contributed by atoms with Crippen LogP contribution in [-0.2, 0) is 21.4 Å². The monoisotopic (exact) mass is 370 g/mol. The summed E-state index contributed by atoms with van der Waals surface area (Å²) in [5.41, 5.74) is 7.33. The summed E-state index contributed by atoms with van der Waals surface area (Å²) in [7, 11) is 0. The number of benzene rings is 1. The Labute approximate surface area is 157 Å². The first-order valence-corrected chi connectivity index (χ1v) is 9.27. The number of nitrogens with zero attached hydrogens (tertiary/aromatic N) is 1. The molecule has 27 heavy (non-hydrogen) atoms. The van der Waals surface area contributed by atoms with Gasteiger partial charge in [-0.2, -0.15) is 0 Å². The first-order valence-electron chi connectivity index (χ1n) is 9.27. The molecule has 2 heterocycles. The first kappa shape index (κ1) is 18.9. The highest BCUT2D eigenvalue weighted by molar-refractivity contribution is 5.88. The van der Waals surface area contributed by atoms with Gasteiger partial charge < -0.3 is 15.7 Å². The fourth-order valence-corrected chi connectivity index (χ4v) is 3.96. The average molecular weight is 370 g/mol. The maximum atomic E-state index is 12.6. The molecule has 4 N–H and O–H groups in total. The topological polar surface area (TPSA) is 112 Å². The Morgan fingerprint density at radius 2 is 1.89 bits per heavy atom. The molecule has 1 aliphatic heterocycles. The smallest absolute Gasteiger partial charge is 0.267 e. The Hall–Kier alpha value is -2.83. The largest absolute Gasteiger partial charge is 0.369 e. The van der Waals surface area contributed by atoms with Crippen molar-refractivity contribution in [2.24, 2.45) is 5.73 Å². The van der Waals surface area contributed by atoms with Crippen molar-refractivity contribution in [2.45, 2.75) is 44.4 Å². The molecule has 0 aliphatic carbocycles. The number of nitrogens with two attached hydrogens (primary N) is 1. The number of piperidine rings is 1. The highest BCUT2D eigenvalue weighted by Gasteiger charge is 2.43. The van der Waals surface area contributed by atoms with Crippen molar-refractivity contribution in [3.05, 3.63) is 57.5 Å². The van der Waals surface area contributed by atoms with Crippen molar-refractivity contribution in [2.75, 3.05) is 13.1 Å². The molecule has 7 nitrogen and oxygen atoms in total. The highest BCUT2D eigenvalue weighted by atomic mass is 16.2. The molecule has 0 saturated carbocycles. The number of carbonyl (C=O) groups is 2. The normalized spacial score (nSPS) is 16.5. The second kappa shape index (κ2) is 7.42. The van der Waals surface area contributed by atoms with Gasteiger partial charge in [-0.15, -0.1) is 0 Å². The van der Waals surface area contributed by atoms with Gasteiger partial charge in [-0.3, -0.25) is 19.5 Å². The number of likely N-dealkylation sites (tertiary alicyclic amines) is 1. The summed E-state index contributed by atoms with van der Waals surface area (Å²) in [4.78, 5) is 38.4. The van der Waals surface area contributed by atoms with Gasteiger partial charge in [0, 0.05) is 24.8 Å². The molecule has 1 aliphatic rings. The van der Waals surface area contributed by atoms with Crippen LogP contribution in [0.1, 0.15) is 49.3 Å². The molecule has 2 aromatic rings. The number of hydrogen-bond donors (Lipinski definition) is 3. The number of hydrogen-bond acceptors (Lipinski definition) is 3. The fraction of sp³-hybridized carbons (Fsp3) is 0.450. The second-order valence-corrected chi connectivity index (χ2v) is 7.51. The number of amides is 2. The summed E-state index contributed by atoms with van der Waals surface area (Å²) in [6, 6.07) is 7.93. The van der Waals surface area contributed by atoms with Crippen LogP contribution in [-0.4, -0.2) is 40.0 Å². The van der Waals surface area contributed by atoms with Gasteiger partial charge in [0.1, 0.15) is 0 Å². The SMILES string of the molecule is CC(C)c1ccccc1C1(C(N)=O)CCN(C(=O)Cc2c[nH][nH]c2=O)CC1. The van der Waals surface area contributed by atoms with E-state index in [1.807, 2.05) is 24.3 Å². The molecule has 0 atom stereocenters. The summed E-state index contributed by atoms with van der Waals surface area (Å²) in [5, 5.41) is 5.03. The summed E-state index contributed by atoms with van der Waals surface area (Å²) in [6.45, 7) is 5.08. The number of carbonyl (C=O) groups excluding carboxylic acids is 2. The van der Waals surface area contributed by atoms with E-state index in [9.17, 15) is 14.4 Å². The number of rotatable bonds is 5. The van der Waals surface area contributed by atoms with Gasteiger partial charge in [-0.25, -0.2) is 0 Å². The van der Waals surface area contributed by atoms with Crippen LogP contribution in [0.5, 0.6) is 0 Å². The van der Waals surface area contributed by atoms with Gasteiger partial charge in [0.15, 0.2) is 0 Å². The van der Waals surface area contributed by atoms with E-state index in [0.717, 1.165) is 11.1 Å². The van der Waals surface area contributed by atoms with Crippen LogP contribution in [0.25, 0.3) is 0 Å². The van der Waals surface area contributed by atoms with E-state index >= 15 is 0 Å². The van der Waals surface area contributed by atoms with Crippen LogP contribution in [0.2, 0.25) is 0 Å². The van der Waals surface area contributed by atoms with E-state index in [1.165, 1.54) is 6.20 Å². The molecule has 144 valence electrons. The van der Waals surface area contributed by atoms with Crippen LogP contribution < -0.4 is 11.3 Å². The molecule has 1 aromatic heterocycles. The second-order valence-electron chi connectivity index (χ2n) is 7.51. The van der Waals surface area contributed by atoms with Crippen molar-refractivity contribution in [1.82, 2.24) is 15.1 Å². The lowest BCUT2D eigenvalue weighted by Gasteiger charge is -2.41. The zero-order valence-electron chi connectivity index (χ0n) is 15.7. The van der Waals surface area contributed by atoms with Crippen LogP contribution in [0, 0.1) is 0 Å². The van der Waals surface area contributed by atoms with E-state index in [4.69, 9.17) is 5.73 Å². The molecule has 7 heteroatoms. The zero-order chi connectivity index (χ0) is 19.6. The fourth-order valence-electron chi connectivity index (χ4n) is 3.96. The van der Waals surface area contributed by atoms with Crippen molar-refractivity contribution in [3.8, 4) is 0 Å². The predicted octanol–water partition coefficient (Wildman–Crippen LogP) is 1.41. The van der Waals surface area contributed by atoms with E-state index in [0.29, 0.717) is 31.5 Å². The third-order valence-corrected chi connectivity index (χ3v) is 5.61. The standard InChI is InChI=1S/C20H26N4O3/c1-13(2)15-5-3-4-6-16(15)20(19(21)27)7-9-24(10-8-20)17(25)11-14-12-22-23-18(14)26/h3-6,12-13H,7-11H2,1-2H3,(H2,21,27)(H2,22,23,26). The third kappa shape index (κ3) is 3.54. The lowest BCUT2D eigenvalue weighted by Crippen LogP contribution is -2.52. The Morgan fingerprint density at radius 1 is 1.22 bits per heavy atom. The molecule has 0 unspecified atom stereocenters.